The van der Waals surface area contributed by atoms with Crippen molar-refractivity contribution in [2.75, 3.05) is 55.4 Å². The molecule has 11 nitrogen and oxygen atoms in total. The van der Waals surface area contributed by atoms with Gasteiger partial charge in [-0.3, -0.25) is 0 Å². The summed E-state index contributed by atoms with van der Waals surface area (Å²) in [4.78, 5) is 13.6. The van der Waals surface area contributed by atoms with E-state index in [4.69, 9.17) is 24.7 Å². The summed E-state index contributed by atoms with van der Waals surface area (Å²) in [6.45, 7) is 13.8. The molecule has 12 heteroatoms. The molecule has 1 aromatic rings. The highest BCUT2D eigenvalue weighted by molar-refractivity contribution is 6.60. The van der Waals surface area contributed by atoms with Gasteiger partial charge in [0.25, 0.3) is 0 Å². The summed E-state index contributed by atoms with van der Waals surface area (Å²) in [5.41, 5.74) is 12.5. The van der Waals surface area contributed by atoms with Crippen LogP contribution in [0.5, 0.6) is 0 Å². The minimum Gasteiger partial charge on any atom is -0.374 e. The lowest BCUT2D eigenvalue weighted by Crippen LogP contribution is -2.46. The number of aromatic nitrogens is 3. The molecule has 1 heterocycles. The fraction of sp³-hybridized carbons (Fsp3) is 0.875. The van der Waals surface area contributed by atoms with Gasteiger partial charge < -0.3 is 40.7 Å². The van der Waals surface area contributed by atoms with Crippen molar-refractivity contribution in [3.63, 3.8) is 0 Å². The van der Waals surface area contributed by atoms with Gasteiger partial charge in [-0.05, 0) is 40.0 Å². The maximum absolute atomic E-state index is 6.23. The molecule has 0 fully saturated rings. The average molecular weight is 529 g/mol. The van der Waals surface area contributed by atoms with E-state index < -0.39 is 8.80 Å². The predicted molar refractivity (Wildman–Crippen MR) is 150 cm³/mol. The lowest BCUT2D eigenvalue weighted by atomic mass is 10.1. The highest BCUT2D eigenvalue weighted by Gasteiger charge is 2.39. The van der Waals surface area contributed by atoms with Crippen LogP contribution in [0, 0.1) is 0 Å². The number of nitrogens with one attached hydrogen (secondary N) is 3. The van der Waals surface area contributed by atoms with Crippen molar-refractivity contribution < 1.29 is 13.3 Å². The van der Waals surface area contributed by atoms with E-state index in [0.29, 0.717) is 57.3 Å². The van der Waals surface area contributed by atoms with Crippen LogP contribution in [0.25, 0.3) is 0 Å². The van der Waals surface area contributed by atoms with Crippen LogP contribution in [-0.2, 0) is 13.3 Å². The highest BCUT2D eigenvalue weighted by atomic mass is 28.4. The lowest BCUT2D eigenvalue weighted by Gasteiger charge is -2.28. The van der Waals surface area contributed by atoms with Crippen molar-refractivity contribution in [3.05, 3.63) is 0 Å². The molecule has 0 saturated heterocycles. The number of hydrogen-bond acceptors (Lipinski definition) is 11. The Bertz CT molecular complexity index is 635. The van der Waals surface area contributed by atoms with E-state index in [1.807, 2.05) is 20.8 Å². The quantitative estimate of drug-likeness (QED) is 0.104. The predicted octanol–water partition coefficient (Wildman–Crippen LogP) is 3.58. The molecule has 1 rings (SSSR count). The summed E-state index contributed by atoms with van der Waals surface area (Å²) in [6, 6.07) is 0.812. The van der Waals surface area contributed by atoms with Crippen molar-refractivity contribution in [2.45, 2.75) is 97.7 Å². The minimum atomic E-state index is -2.67. The van der Waals surface area contributed by atoms with Gasteiger partial charge in [0.2, 0.25) is 17.8 Å². The molecule has 0 aliphatic heterocycles. The summed E-state index contributed by atoms with van der Waals surface area (Å²) in [7, 11) is -2.67. The van der Waals surface area contributed by atoms with E-state index in [-0.39, 0.29) is 12.1 Å². The van der Waals surface area contributed by atoms with Crippen molar-refractivity contribution in [1.29, 1.82) is 0 Å². The standard InChI is InChI=1S/C24H52N8O3Si/c1-6-11-14-20(25)18-28-23-30-22(31-24(32-23)29-19-21(26)15-12-7-2)27-16-13-17-36(33-8-3,34-9-4)35-10-5/h20-21H,6-19,25-26H2,1-5H3,(H3,27,28,29,30,31,32). The zero-order chi connectivity index (χ0) is 26.7. The van der Waals surface area contributed by atoms with Gasteiger partial charge in [-0.25, -0.2) is 0 Å². The van der Waals surface area contributed by atoms with E-state index in [0.717, 1.165) is 51.0 Å². The van der Waals surface area contributed by atoms with Gasteiger partial charge >= 0.3 is 8.80 Å². The smallest absolute Gasteiger partial charge is 0.374 e. The molecule has 0 amide bonds. The number of rotatable bonds is 23. The van der Waals surface area contributed by atoms with Gasteiger partial charge in [0, 0.05) is 57.6 Å². The van der Waals surface area contributed by atoms with Crippen LogP contribution >= 0.6 is 0 Å². The van der Waals surface area contributed by atoms with Crippen LogP contribution in [0.1, 0.15) is 79.6 Å². The van der Waals surface area contributed by atoms with Crippen LogP contribution < -0.4 is 27.4 Å². The molecule has 1 aromatic heterocycles. The maximum atomic E-state index is 6.23. The molecule has 2 atom stereocenters. The monoisotopic (exact) mass is 528 g/mol. The number of nitrogens with zero attached hydrogens (tertiary/aromatic N) is 3. The number of nitrogens with two attached hydrogens (primary N) is 2. The van der Waals surface area contributed by atoms with Crippen molar-refractivity contribution in [3.8, 4) is 0 Å². The Hall–Kier alpha value is -1.57. The molecular formula is C24H52N8O3Si. The zero-order valence-electron chi connectivity index (χ0n) is 23.3. The van der Waals surface area contributed by atoms with Gasteiger partial charge in [-0.1, -0.05) is 39.5 Å². The molecule has 0 aromatic carbocycles. The van der Waals surface area contributed by atoms with Gasteiger partial charge in [0.05, 0.1) is 0 Å². The van der Waals surface area contributed by atoms with Gasteiger partial charge in [0.1, 0.15) is 0 Å². The van der Waals surface area contributed by atoms with Crippen LogP contribution in [0.2, 0.25) is 6.04 Å². The van der Waals surface area contributed by atoms with Crippen LogP contribution in [0.3, 0.4) is 0 Å². The first kappa shape index (κ1) is 32.5. The van der Waals surface area contributed by atoms with Gasteiger partial charge in [-0.2, -0.15) is 15.0 Å². The third-order valence-corrected chi connectivity index (χ3v) is 8.72. The summed E-state index contributed by atoms with van der Waals surface area (Å²) >= 11 is 0. The van der Waals surface area contributed by atoms with E-state index in [1.54, 1.807) is 0 Å². The Balaban J connectivity index is 2.81. The van der Waals surface area contributed by atoms with Crippen LogP contribution in [0.4, 0.5) is 17.8 Å². The SMILES string of the molecule is CCCCC(N)CNc1nc(NCCC[Si](OCC)(OCC)OCC)nc(NCC(N)CCCC)n1. The van der Waals surface area contributed by atoms with Crippen LogP contribution in [0.15, 0.2) is 0 Å². The molecule has 0 aliphatic carbocycles. The molecular weight excluding hydrogens is 476 g/mol. The summed E-state index contributed by atoms with van der Waals surface area (Å²) < 4.78 is 17.8. The molecule has 0 radical (unpaired) electrons. The Labute approximate surface area is 219 Å². The van der Waals surface area contributed by atoms with Crippen LogP contribution in [-0.4, -0.2) is 75.3 Å². The van der Waals surface area contributed by atoms with Crippen molar-refractivity contribution in [1.82, 2.24) is 15.0 Å². The Morgan fingerprint density at radius 1 is 0.667 bits per heavy atom. The summed E-state index contributed by atoms with van der Waals surface area (Å²) in [5, 5.41) is 9.86. The summed E-state index contributed by atoms with van der Waals surface area (Å²) in [5.74, 6) is 1.48. The first-order chi connectivity index (χ1) is 17.4. The zero-order valence-corrected chi connectivity index (χ0v) is 24.3. The molecule has 0 spiro atoms. The largest absolute Gasteiger partial charge is 0.500 e. The molecule has 0 aliphatic rings. The number of hydrogen-bond donors (Lipinski definition) is 5. The molecule has 7 N–H and O–H groups in total. The fourth-order valence-electron chi connectivity index (χ4n) is 3.70. The first-order valence-electron chi connectivity index (χ1n) is 13.8. The average Bonchev–Trinajstić information content (AvgIpc) is 2.86. The first-order valence-corrected chi connectivity index (χ1v) is 15.8. The van der Waals surface area contributed by atoms with Gasteiger partial charge in [0.15, 0.2) is 0 Å². The third-order valence-electron chi connectivity index (χ3n) is 5.57. The molecule has 0 bridgehead atoms. The Kier molecular flexibility index (Phi) is 17.6. The molecule has 2 unspecified atom stereocenters. The van der Waals surface area contributed by atoms with E-state index in [9.17, 15) is 0 Å². The van der Waals surface area contributed by atoms with E-state index >= 15 is 0 Å². The van der Waals surface area contributed by atoms with E-state index in [1.165, 1.54) is 0 Å². The molecule has 210 valence electrons. The normalized spacial score (nSPS) is 13.4. The third kappa shape index (κ3) is 13.7. The number of anilines is 3. The highest BCUT2D eigenvalue weighted by Crippen LogP contribution is 2.18. The second-order valence-corrected chi connectivity index (χ2v) is 11.6. The second kappa shape index (κ2) is 19.5. The molecule has 0 saturated carbocycles. The number of unbranched alkanes of at least 4 members (excludes halogenated alkanes) is 2. The maximum Gasteiger partial charge on any atom is 0.500 e. The Morgan fingerprint density at radius 2 is 1.08 bits per heavy atom. The lowest BCUT2D eigenvalue weighted by molar-refractivity contribution is 0.0710. The van der Waals surface area contributed by atoms with Crippen molar-refractivity contribution >= 4 is 26.6 Å². The molecule has 36 heavy (non-hydrogen) atoms. The topological polar surface area (TPSA) is 154 Å². The second-order valence-electron chi connectivity index (χ2n) is 8.89. The Morgan fingerprint density at radius 3 is 1.47 bits per heavy atom. The minimum absolute atomic E-state index is 0.0470. The van der Waals surface area contributed by atoms with Crippen molar-refractivity contribution in [2.24, 2.45) is 11.5 Å². The van der Waals surface area contributed by atoms with E-state index in [2.05, 4.69) is 44.7 Å². The van der Waals surface area contributed by atoms with Gasteiger partial charge in [-0.15, -0.1) is 0 Å². The fourth-order valence-corrected chi connectivity index (χ4v) is 6.31. The summed E-state index contributed by atoms with van der Waals surface area (Å²) in [6.07, 6.45) is 7.17.